The zero-order valence-corrected chi connectivity index (χ0v) is 16.9. The van der Waals surface area contributed by atoms with E-state index in [0.717, 1.165) is 24.4 Å². The smallest absolute Gasteiger partial charge is 0.337 e. The normalized spacial score (nSPS) is 30.2. The molecule has 3 aliphatic carbocycles. The number of carbonyl (C=O) groups is 1. The van der Waals surface area contributed by atoms with Crippen LogP contribution >= 0.6 is 0 Å². The number of hydrogen-bond donors (Lipinski definition) is 2. The van der Waals surface area contributed by atoms with Crippen molar-refractivity contribution in [3.63, 3.8) is 0 Å². The molecule has 2 fully saturated rings. The first-order chi connectivity index (χ1) is 14.7. The molecule has 3 aromatic rings. The third-order valence-electron chi connectivity index (χ3n) is 8.60. The molecule has 2 N–H and O–H groups in total. The lowest BCUT2D eigenvalue weighted by Crippen LogP contribution is -2.36. The molecule has 3 heteroatoms. The van der Waals surface area contributed by atoms with Crippen molar-refractivity contribution in [3.8, 4) is 0 Å². The molecule has 5 atom stereocenters. The molecule has 0 aromatic heterocycles. The van der Waals surface area contributed by atoms with Gasteiger partial charge in [0, 0.05) is 0 Å². The predicted octanol–water partition coefficient (Wildman–Crippen LogP) is 5.93. The third-order valence-corrected chi connectivity index (χ3v) is 8.60. The molecule has 3 aromatic carbocycles. The largest absolute Gasteiger partial charge is 0.478 e. The van der Waals surface area contributed by atoms with E-state index < -0.39 is 5.97 Å². The number of carboxylic acid groups (broad SMARTS) is 1. The molecule has 0 unspecified atom stereocenters. The Labute approximate surface area is 176 Å². The fraction of sp³-hybridized carbons (Fsp3) is 0.370. The van der Waals surface area contributed by atoms with E-state index in [1.807, 2.05) is 6.07 Å². The van der Waals surface area contributed by atoms with E-state index in [0.29, 0.717) is 23.3 Å². The summed E-state index contributed by atoms with van der Waals surface area (Å²) in [5.41, 5.74) is 6.84. The molecule has 1 heterocycles. The standard InChI is InChI=1S/C27H25NO2/c29-27(30)21-6-2-5-20-23-16-9-10-17(13-16)24(23)26(28-25(20)21)19-12-11-15-8-7-14-3-1-4-18(19)22(14)15/h1-6,11-12,16-17,23-24,26,28H,7-10,13H2,(H,29,30)/t16-,17-,23-,24+,26+/m0/s1. The van der Waals surface area contributed by atoms with Gasteiger partial charge in [-0.05, 0) is 94.9 Å². The van der Waals surface area contributed by atoms with Gasteiger partial charge in [0.15, 0.2) is 0 Å². The van der Waals surface area contributed by atoms with Crippen molar-refractivity contribution in [3.05, 3.63) is 76.3 Å². The molecular formula is C27H25NO2. The minimum Gasteiger partial charge on any atom is -0.478 e. The number of benzene rings is 3. The second-order valence-corrected chi connectivity index (χ2v) is 9.79. The molecule has 0 radical (unpaired) electrons. The zero-order valence-electron chi connectivity index (χ0n) is 16.9. The Morgan fingerprint density at radius 1 is 0.900 bits per heavy atom. The zero-order chi connectivity index (χ0) is 20.0. The summed E-state index contributed by atoms with van der Waals surface area (Å²) in [6, 6.07) is 17.5. The van der Waals surface area contributed by atoms with Crippen LogP contribution in [0.3, 0.4) is 0 Å². The quantitative estimate of drug-likeness (QED) is 0.565. The molecule has 7 rings (SSSR count). The number of hydrogen-bond acceptors (Lipinski definition) is 2. The van der Waals surface area contributed by atoms with Crippen molar-refractivity contribution < 1.29 is 9.90 Å². The van der Waals surface area contributed by atoms with Crippen LogP contribution in [-0.4, -0.2) is 11.1 Å². The van der Waals surface area contributed by atoms with E-state index >= 15 is 0 Å². The number of carboxylic acids is 1. The molecule has 3 nitrogen and oxygen atoms in total. The van der Waals surface area contributed by atoms with Gasteiger partial charge in [-0.15, -0.1) is 0 Å². The number of aromatic carboxylic acids is 1. The molecule has 1 aliphatic heterocycles. The van der Waals surface area contributed by atoms with Crippen molar-refractivity contribution >= 4 is 22.4 Å². The van der Waals surface area contributed by atoms with Crippen molar-refractivity contribution in [2.45, 2.75) is 44.1 Å². The van der Waals surface area contributed by atoms with Crippen molar-refractivity contribution in [2.24, 2.45) is 17.8 Å². The minimum absolute atomic E-state index is 0.184. The van der Waals surface area contributed by atoms with Crippen LogP contribution in [0.1, 0.15) is 63.8 Å². The molecule has 150 valence electrons. The van der Waals surface area contributed by atoms with E-state index in [4.69, 9.17) is 0 Å². The first-order valence-corrected chi connectivity index (χ1v) is 11.4. The van der Waals surface area contributed by atoms with E-state index in [1.54, 1.807) is 6.07 Å². The maximum absolute atomic E-state index is 12.0. The summed E-state index contributed by atoms with van der Waals surface area (Å²) in [6.45, 7) is 0. The number of anilines is 1. The minimum atomic E-state index is -0.833. The highest BCUT2D eigenvalue weighted by Gasteiger charge is 2.54. The first-order valence-electron chi connectivity index (χ1n) is 11.4. The summed E-state index contributed by atoms with van der Waals surface area (Å²) in [5.74, 6) is 1.64. The number of rotatable bonds is 2. The van der Waals surface area contributed by atoms with Crippen LogP contribution in [0.15, 0.2) is 48.5 Å². The number of aryl methyl sites for hydroxylation is 2. The van der Waals surface area contributed by atoms with Gasteiger partial charge in [-0.1, -0.05) is 42.5 Å². The monoisotopic (exact) mass is 395 g/mol. The van der Waals surface area contributed by atoms with Crippen LogP contribution in [0.25, 0.3) is 10.8 Å². The van der Waals surface area contributed by atoms with Gasteiger partial charge in [0.1, 0.15) is 0 Å². The molecule has 0 spiro atoms. The molecule has 2 saturated carbocycles. The van der Waals surface area contributed by atoms with E-state index in [2.05, 4.69) is 41.7 Å². The number of nitrogens with one attached hydrogen (secondary N) is 1. The second kappa shape index (κ2) is 5.87. The highest BCUT2D eigenvalue weighted by atomic mass is 16.4. The van der Waals surface area contributed by atoms with E-state index in [1.165, 1.54) is 52.3 Å². The topological polar surface area (TPSA) is 49.3 Å². The summed E-state index contributed by atoms with van der Waals surface area (Å²) < 4.78 is 0. The fourth-order valence-corrected chi connectivity index (χ4v) is 7.54. The van der Waals surface area contributed by atoms with Gasteiger partial charge in [0.25, 0.3) is 0 Å². The van der Waals surface area contributed by atoms with Gasteiger partial charge >= 0.3 is 5.97 Å². The van der Waals surface area contributed by atoms with Crippen LogP contribution in [0.5, 0.6) is 0 Å². The van der Waals surface area contributed by atoms with Gasteiger partial charge in [-0.3, -0.25) is 0 Å². The molecule has 30 heavy (non-hydrogen) atoms. The maximum atomic E-state index is 12.0. The summed E-state index contributed by atoms with van der Waals surface area (Å²) in [5, 5.41) is 16.5. The SMILES string of the molecule is O=C(O)c1cccc2c1N[C@H](c1ccc3c4c(cccc14)CC3)[C@@H]1[C@H]3CC[C@@H](C3)[C@@H]21. The van der Waals surface area contributed by atoms with Gasteiger partial charge in [0.05, 0.1) is 17.3 Å². The van der Waals surface area contributed by atoms with E-state index in [9.17, 15) is 9.90 Å². The van der Waals surface area contributed by atoms with Gasteiger partial charge in [-0.25, -0.2) is 4.79 Å². The molecule has 0 saturated heterocycles. The highest BCUT2D eigenvalue weighted by Crippen LogP contribution is 2.64. The lowest BCUT2D eigenvalue weighted by molar-refractivity contribution is 0.0697. The Morgan fingerprint density at radius 2 is 1.70 bits per heavy atom. The van der Waals surface area contributed by atoms with Gasteiger partial charge in [-0.2, -0.15) is 0 Å². The molecule has 0 amide bonds. The van der Waals surface area contributed by atoms with Gasteiger partial charge < -0.3 is 10.4 Å². The average molecular weight is 396 g/mol. The Bertz CT molecular complexity index is 1220. The Kier molecular flexibility index (Phi) is 3.31. The average Bonchev–Trinajstić information content (AvgIpc) is 3.49. The van der Waals surface area contributed by atoms with Crippen molar-refractivity contribution in [2.75, 3.05) is 5.32 Å². The second-order valence-electron chi connectivity index (χ2n) is 9.79. The Balaban J connectivity index is 1.47. The van der Waals surface area contributed by atoms with Crippen molar-refractivity contribution in [1.82, 2.24) is 0 Å². The third kappa shape index (κ3) is 2.08. The van der Waals surface area contributed by atoms with Crippen LogP contribution in [0.2, 0.25) is 0 Å². The molecule has 4 aliphatic rings. The first kappa shape index (κ1) is 16.9. The Morgan fingerprint density at radius 3 is 2.57 bits per heavy atom. The summed E-state index contributed by atoms with van der Waals surface area (Å²) in [4.78, 5) is 12.0. The summed E-state index contributed by atoms with van der Waals surface area (Å²) in [6.07, 6.45) is 6.18. The predicted molar refractivity (Wildman–Crippen MR) is 118 cm³/mol. The summed E-state index contributed by atoms with van der Waals surface area (Å²) in [7, 11) is 0. The lowest BCUT2D eigenvalue weighted by Gasteiger charge is -2.44. The number of para-hydroxylation sites is 1. The Hall–Kier alpha value is -2.81. The highest BCUT2D eigenvalue weighted by molar-refractivity contribution is 5.97. The van der Waals surface area contributed by atoms with Crippen LogP contribution < -0.4 is 5.32 Å². The van der Waals surface area contributed by atoms with Crippen LogP contribution in [0.4, 0.5) is 5.69 Å². The summed E-state index contributed by atoms with van der Waals surface area (Å²) >= 11 is 0. The lowest BCUT2D eigenvalue weighted by atomic mass is 9.67. The number of fused-ring (bicyclic) bond motifs is 7. The van der Waals surface area contributed by atoms with Gasteiger partial charge in [0.2, 0.25) is 0 Å². The molecule has 2 bridgehead atoms. The van der Waals surface area contributed by atoms with Crippen molar-refractivity contribution in [1.29, 1.82) is 0 Å². The fourth-order valence-electron chi connectivity index (χ4n) is 7.54. The van der Waals surface area contributed by atoms with E-state index in [-0.39, 0.29) is 6.04 Å². The maximum Gasteiger partial charge on any atom is 0.337 e. The van der Waals surface area contributed by atoms with Crippen LogP contribution in [-0.2, 0) is 12.8 Å². The molecular weight excluding hydrogens is 370 g/mol. The van der Waals surface area contributed by atoms with Crippen LogP contribution in [0, 0.1) is 17.8 Å².